The van der Waals surface area contributed by atoms with Gasteiger partial charge in [0.05, 0.1) is 0 Å². The minimum absolute atomic E-state index is 0.521. The van der Waals surface area contributed by atoms with E-state index in [9.17, 15) is 0 Å². The number of aromatic amines is 1. The summed E-state index contributed by atoms with van der Waals surface area (Å²) < 4.78 is 4.73. The molecule has 1 N–H and O–H groups in total. The average Bonchev–Trinajstić information content (AvgIpc) is 1.72. The lowest BCUT2D eigenvalue weighted by atomic mass is 10.6. The van der Waals surface area contributed by atoms with Gasteiger partial charge in [0.2, 0.25) is 0 Å². The van der Waals surface area contributed by atoms with Crippen LogP contribution in [0.1, 0.15) is 0 Å². The highest BCUT2D eigenvalue weighted by molar-refractivity contribution is 4.82. The van der Waals surface area contributed by atoms with E-state index in [1.165, 1.54) is 6.20 Å². The highest BCUT2D eigenvalue weighted by Crippen LogP contribution is 1.86. The Morgan fingerprint density at radius 3 is 3.00 bits per heavy atom. The molecule has 0 atom stereocenters. The van der Waals surface area contributed by atoms with Crippen molar-refractivity contribution in [1.29, 1.82) is 0 Å². The number of nitrogens with zero attached hydrogens (tertiary/aromatic N) is 2. The summed E-state index contributed by atoms with van der Waals surface area (Å²) in [7, 11) is 0. The third-order valence-corrected chi connectivity index (χ3v) is 0.867. The molecule has 39 valence electrons. The number of rotatable bonds is 0. The lowest BCUT2D eigenvalue weighted by Crippen LogP contribution is -1.94. The zero-order valence-electron chi connectivity index (χ0n) is 3.88. The van der Waals surface area contributed by atoms with E-state index in [-0.39, 0.29) is 0 Å². The Labute approximate surface area is 44.1 Å². The first-order valence-electron chi connectivity index (χ1n) is 2.13. The summed E-state index contributed by atoms with van der Waals surface area (Å²) in [5.41, 5.74) is 0.521. The molecule has 0 aromatic carbocycles. The van der Waals surface area contributed by atoms with Gasteiger partial charge in [-0.15, -0.1) is 10.2 Å². The van der Waals surface area contributed by atoms with Crippen molar-refractivity contribution in [2.45, 2.75) is 0 Å². The van der Waals surface area contributed by atoms with Gasteiger partial charge >= 0.3 is 0 Å². The van der Waals surface area contributed by atoms with E-state index < -0.39 is 0 Å². The van der Waals surface area contributed by atoms with E-state index in [4.69, 9.17) is 4.52 Å². The fraction of sp³-hybridized carbons (Fsp3) is 0. The van der Waals surface area contributed by atoms with Gasteiger partial charge in [0, 0.05) is 12.3 Å². The number of aromatic nitrogens is 3. The highest BCUT2D eigenvalue weighted by atomic mass is 16.5. The van der Waals surface area contributed by atoms with Crippen LogP contribution in [0.5, 0.6) is 0 Å². The number of hydrogen-bond acceptors (Lipinski definition) is 3. The van der Waals surface area contributed by atoms with Gasteiger partial charge in [-0.1, -0.05) is 0 Å². The minimum atomic E-state index is 0.521. The molecule has 4 heteroatoms. The molecule has 0 fully saturated rings. The average molecular weight is 108 g/mol. The van der Waals surface area contributed by atoms with Gasteiger partial charge < -0.3 is 4.52 Å². The SMILES string of the molecule is [c]1c[nH]oc2nnc1=2. The maximum atomic E-state index is 4.73. The van der Waals surface area contributed by atoms with Crippen LogP contribution in [0.3, 0.4) is 0 Å². The van der Waals surface area contributed by atoms with Gasteiger partial charge in [0.1, 0.15) is 0 Å². The lowest BCUT2D eigenvalue weighted by Gasteiger charge is -1.87. The lowest BCUT2D eigenvalue weighted by molar-refractivity contribution is 0.340. The van der Waals surface area contributed by atoms with Gasteiger partial charge in [-0.05, 0) is 0 Å². The van der Waals surface area contributed by atoms with Gasteiger partial charge in [-0.2, -0.15) is 0 Å². The molecule has 0 spiro atoms. The third kappa shape index (κ3) is 0.294. The Kier molecular flexibility index (Phi) is 0.498. The van der Waals surface area contributed by atoms with Gasteiger partial charge in [0.25, 0.3) is 5.55 Å². The highest BCUT2D eigenvalue weighted by Gasteiger charge is 1.93. The van der Waals surface area contributed by atoms with Crippen LogP contribution in [-0.4, -0.2) is 15.4 Å². The number of hydrogen-bond donors (Lipinski definition) is 1. The Bertz CT molecular complexity index is 289. The number of H-pyrrole nitrogens is 1. The van der Waals surface area contributed by atoms with Crippen molar-refractivity contribution in [3.05, 3.63) is 23.2 Å². The third-order valence-electron chi connectivity index (χ3n) is 0.867. The molecule has 2 aliphatic heterocycles. The second-order valence-electron chi connectivity index (χ2n) is 1.36. The topological polar surface area (TPSA) is 54.7 Å². The zero-order chi connectivity index (χ0) is 5.40. The van der Waals surface area contributed by atoms with Crippen molar-refractivity contribution in [2.75, 3.05) is 0 Å². The summed E-state index contributed by atoms with van der Waals surface area (Å²) in [6, 6.07) is 2.78. The molecule has 0 aliphatic carbocycles. The molecule has 2 rings (SSSR count). The molecule has 0 saturated heterocycles. The van der Waals surface area contributed by atoms with E-state index >= 15 is 0 Å². The summed E-state index contributed by atoms with van der Waals surface area (Å²) in [5, 5.41) is 10.3. The largest absolute Gasteiger partial charge is 0.358 e. The van der Waals surface area contributed by atoms with Crippen molar-refractivity contribution in [2.24, 2.45) is 0 Å². The molecule has 0 bridgehead atoms. The zero-order valence-corrected chi connectivity index (χ0v) is 3.88. The van der Waals surface area contributed by atoms with Crippen molar-refractivity contribution in [3.63, 3.8) is 0 Å². The molecule has 0 amide bonds. The van der Waals surface area contributed by atoms with Crippen LogP contribution in [0.15, 0.2) is 10.7 Å². The fourth-order valence-corrected chi connectivity index (χ4v) is 0.483. The van der Waals surface area contributed by atoms with E-state index in [2.05, 4.69) is 21.4 Å². The van der Waals surface area contributed by atoms with Gasteiger partial charge in [0.15, 0.2) is 5.35 Å². The monoisotopic (exact) mass is 108 g/mol. The van der Waals surface area contributed by atoms with E-state index in [1.807, 2.05) is 0 Å². The summed E-state index contributed by atoms with van der Waals surface area (Å²) in [5.74, 6) is 0. The van der Waals surface area contributed by atoms with Crippen LogP contribution < -0.4 is 0 Å². The second-order valence-corrected chi connectivity index (χ2v) is 1.36. The van der Waals surface area contributed by atoms with Crippen LogP contribution in [0.4, 0.5) is 0 Å². The van der Waals surface area contributed by atoms with Crippen molar-refractivity contribution in [3.8, 4) is 0 Å². The van der Waals surface area contributed by atoms with Crippen LogP contribution in [0.25, 0.3) is 0 Å². The molecule has 2 aliphatic rings. The summed E-state index contributed by atoms with van der Waals surface area (Å²) in [6.45, 7) is 0. The molecule has 0 aromatic heterocycles. The summed E-state index contributed by atoms with van der Waals surface area (Å²) >= 11 is 0. The molecular formula is C4H2N3O. The first-order valence-corrected chi connectivity index (χ1v) is 2.13. The Hall–Kier alpha value is -1.32. The van der Waals surface area contributed by atoms with Crippen LogP contribution in [0, 0.1) is 17.0 Å². The first kappa shape index (κ1) is 3.65. The summed E-state index contributed by atoms with van der Waals surface area (Å²) in [4.78, 5) is 0. The van der Waals surface area contributed by atoms with Gasteiger partial charge in [-0.25, -0.2) is 5.16 Å². The molecule has 0 unspecified atom stereocenters. The van der Waals surface area contributed by atoms with Gasteiger partial charge in [-0.3, -0.25) is 0 Å². The first-order chi connectivity index (χ1) is 3.97. The van der Waals surface area contributed by atoms with E-state index in [0.29, 0.717) is 10.9 Å². The molecular weight excluding hydrogens is 106 g/mol. The molecule has 2 heterocycles. The molecule has 0 saturated carbocycles. The number of nitrogens with one attached hydrogen (secondary N) is 1. The molecule has 1 radical (unpaired) electrons. The van der Waals surface area contributed by atoms with Crippen LogP contribution in [0.2, 0.25) is 0 Å². The van der Waals surface area contributed by atoms with Crippen molar-refractivity contribution >= 4 is 0 Å². The molecule has 0 aromatic rings. The summed E-state index contributed by atoms with van der Waals surface area (Å²) in [6.07, 6.45) is 1.54. The maximum Gasteiger partial charge on any atom is 0.292 e. The normalized spacial score (nSPS) is 10.5. The Morgan fingerprint density at radius 2 is 2.62 bits per heavy atom. The van der Waals surface area contributed by atoms with Crippen LogP contribution in [-0.2, 0) is 0 Å². The quantitative estimate of drug-likeness (QED) is 0.513. The maximum absolute atomic E-state index is 4.73. The predicted octanol–water partition coefficient (Wildman–Crippen LogP) is -0.0773. The predicted molar refractivity (Wildman–Crippen MR) is 22.8 cm³/mol. The van der Waals surface area contributed by atoms with E-state index in [0.717, 1.165) is 0 Å². The van der Waals surface area contributed by atoms with Crippen molar-refractivity contribution < 1.29 is 4.52 Å². The minimum Gasteiger partial charge on any atom is -0.358 e. The Morgan fingerprint density at radius 1 is 1.62 bits per heavy atom. The van der Waals surface area contributed by atoms with Crippen molar-refractivity contribution in [1.82, 2.24) is 15.4 Å². The second kappa shape index (κ2) is 1.09. The molecule has 8 heavy (non-hydrogen) atoms. The smallest absolute Gasteiger partial charge is 0.292 e. The van der Waals surface area contributed by atoms with Crippen LogP contribution >= 0.6 is 0 Å². The standard InChI is InChI=1S/C4H2N3O/c1-2-5-8-4-3(1)6-7-4/h2,5H. The van der Waals surface area contributed by atoms with E-state index in [1.54, 1.807) is 0 Å². The molecule has 4 nitrogen and oxygen atoms in total. The Balaban J connectivity index is 3.06. The fourth-order valence-electron chi connectivity index (χ4n) is 0.483.